The van der Waals surface area contributed by atoms with Crippen molar-refractivity contribution >= 4 is 5.91 Å². The maximum atomic E-state index is 12.9. The van der Waals surface area contributed by atoms with Crippen LogP contribution in [0.1, 0.15) is 43.0 Å². The van der Waals surface area contributed by atoms with Crippen molar-refractivity contribution in [1.82, 2.24) is 15.8 Å². The summed E-state index contributed by atoms with van der Waals surface area (Å²) in [6.07, 6.45) is 6.26. The largest absolute Gasteiger partial charge is 0.487 e. The second-order valence-corrected chi connectivity index (χ2v) is 7.86. The molecule has 0 radical (unpaired) electrons. The molecule has 2 N–H and O–H groups in total. The number of carbonyl (C=O) groups excluding carboxylic acids is 1. The van der Waals surface area contributed by atoms with Crippen LogP contribution in [-0.4, -0.2) is 35.5 Å². The molecule has 2 saturated heterocycles. The summed E-state index contributed by atoms with van der Waals surface area (Å²) in [4.78, 5) is 14.9. The van der Waals surface area contributed by atoms with E-state index in [0.717, 1.165) is 50.3 Å². The summed E-state index contributed by atoms with van der Waals surface area (Å²) in [5.41, 5.74) is 7.51. The molecule has 5 rings (SSSR count). The molecule has 4 heterocycles. The summed E-state index contributed by atoms with van der Waals surface area (Å²) < 4.78 is 11.9. The summed E-state index contributed by atoms with van der Waals surface area (Å²) in [5.74, 6) is 2.05. The average Bonchev–Trinajstić information content (AvgIpc) is 3.40. The second-order valence-electron chi connectivity index (χ2n) is 7.86. The Morgan fingerprint density at radius 3 is 2.74 bits per heavy atom. The number of aryl methyl sites for hydroxylation is 1. The van der Waals surface area contributed by atoms with Crippen LogP contribution in [0.25, 0.3) is 0 Å². The maximum Gasteiger partial charge on any atom is 0.241 e. The van der Waals surface area contributed by atoms with Gasteiger partial charge < -0.3 is 14.1 Å². The van der Waals surface area contributed by atoms with Gasteiger partial charge in [0.15, 0.2) is 0 Å². The van der Waals surface area contributed by atoms with Gasteiger partial charge in [-0.15, -0.1) is 0 Å². The number of rotatable bonds is 2. The van der Waals surface area contributed by atoms with Gasteiger partial charge in [0.2, 0.25) is 5.91 Å². The summed E-state index contributed by atoms with van der Waals surface area (Å²) in [7, 11) is 0. The average molecular weight is 367 g/mol. The molecule has 0 bridgehead atoms. The lowest BCUT2D eigenvalue weighted by Gasteiger charge is -2.45. The SMILES string of the molecule is O=C(C1CC(c2ccco2)NN1)N1CCC2(CCc3ccccc3O2)CC1. The molecule has 0 aliphatic carbocycles. The van der Waals surface area contributed by atoms with E-state index in [2.05, 4.69) is 29.1 Å². The Balaban J connectivity index is 1.19. The van der Waals surface area contributed by atoms with E-state index in [1.165, 1.54) is 5.56 Å². The molecule has 1 aromatic heterocycles. The smallest absolute Gasteiger partial charge is 0.241 e. The normalized spacial score (nSPS) is 26.6. The van der Waals surface area contributed by atoms with Crippen LogP contribution in [0.3, 0.4) is 0 Å². The lowest BCUT2D eigenvalue weighted by Crippen LogP contribution is -2.54. The highest BCUT2D eigenvalue weighted by atomic mass is 16.5. The molecule has 1 aromatic carbocycles. The van der Waals surface area contributed by atoms with Gasteiger partial charge in [-0.3, -0.25) is 4.79 Å². The number of furan rings is 1. The van der Waals surface area contributed by atoms with Gasteiger partial charge in [0.1, 0.15) is 23.2 Å². The van der Waals surface area contributed by atoms with Crippen molar-refractivity contribution in [1.29, 1.82) is 0 Å². The van der Waals surface area contributed by atoms with Crippen molar-refractivity contribution in [2.75, 3.05) is 13.1 Å². The maximum absolute atomic E-state index is 12.9. The molecule has 1 amide bonds. The van der Waals surface area contributed by atoms with Crippen LogP contribution in [0.2, 0.25) is 0 Å². The highest BCUT2D eigenvalue weighted by Gasteiger charge is 2.42. The fourth-order valence-corrected chi connectivity index (χ4v) is 4.56. The first kappa shape index (κ1) is 16.8. The van der Waals surface area contributed by atoms with E-state index in [9.17, 15) is 4.79 Å². The van der Waals surface area contributed by atoms with E-state index in [-0.39, 0.29) is 23.6 Å². The topological polar surface area (TPSA) is 66.7 Å². The number of amides is 1. The number of hydrogen-bond acceptors (Lipinski definition) is 5. The Morgan fingerprint density at radius 1 is 1.07 bits per heavy atom. The molecule has 2 aromatic rings. The van der Waals surface area contributed by atoms with Gasteiger partial charge in [0.25, 0.3) is 0 Å². The van der Waals surface area contributed by atoms with E-state index < -0.39 is 0 Å². The second kappa shape index (κ2) is 6.69. The van der Waals surface area contributed by atoms with Crippen molar-refractivity contribution in [2.24, 2.45) is 0 Å². The number of hydrogen-bond donors (Lipinski definition) is 2. The van der Waals surface area contributed by atoms with Gasteiger partial charge in [-0.1, -0.05) is 18.2 Å². The number of nitrogens with one attached hydrogen (secondary N) is 2. The van der Waals surface area contributed by atoms with Crippen LogP contribution in [0, 0.1) is 0 Å². The van der Waals surface area contributed by atoms with Crippen molar-refractivity contribution in [3.05, 3.63) is 54.0 Å². The zero-order valence-electron chi connectivity index (χ0n) is 15.3. The van der Waals surface area contributed by atoms with Gasteiger partial charge >= 0.3 is 0 Å². The number of likely N-dealkylation sites (tertiary alicyclic amines) is 1. The summed E-state index contributed by atoms with van der Waals surface area (Å²) in [6.45, 7) is 1.51. The third-order valence-electron chi connectivity index (χ3n) is 6.22. The van der Waals surface area contributed by atoms with Gasteiger partial charge in [-0.05, 0) is 43.0 Å². The van der Waals surface area contributed by atoms with E-state index in [1.807, 2.05) is 23.1 Å². The highest BCUT2D eigenvalue weighted by Crippen LogP contribution is 2.39. The van der Waals surface area contributed by atoms with Gasteiger partial charge in [0.05, 0.1) is 12.3 Å². The minimum absolute atomic E-state index is 0.0447. The minimum Gasteiger partial charge on any atom is -0.487 e. The Kier molecular flexibility index (Phi) is 4.17. The van der Waals surface area contributed by atoms with Crippen molar-refractivity contribution < 1.29 is 13.9 Å². The van der Waals surface area contributed by atoms with Crippen LogP contribution >= 0.6 is 0 Å². The number of hydrazine groups is 1. The van der Waals surface area contributed by atoms with Crippen molar-refractivity contribution in [3.63, 3.8) is 0 Å². The number of piperidine rings is 1. The molecule has 2 fully saturated rings. The van der Waals surface area contributed by atoms with E-state index in [4.69, 9.17) is 9.15 Å². The first-order valence-electron chi connectivity index (χ1n) is 9.83. The predicted molar refractivity (Wildman–Crippen MR) is 100 cm³/mol. The minimum atomic E-state index is -0.206. The van der Waals surface area contributed by atoms with E-state index in [0.29, 0.717) is 6.42 Å². The molecule has 142 valence electrons. The van der Waals surface area contributed by atoms with Crippen molar-refractivity contribution in [3.8, 4) is 5.75 Å². The quantitative estimate of drug-likeness (QED) is 0.854. The molecular formula is C21H25N3O3. The Morgan fingerprint density at radius 2 is 1.93 bits per heavy atom. The summed E-state index contributed by atoms with van der Waals surface area (Å²) in [6, 6.07) is 12.0. The first-order chi connectivity index (χ1) is 13.2. The number of fused-ring (bicyclic) bond motifs is 1. The van der Waals surface area contributed by atoms with E-state index in [1.54, 1.807) is 6.26 Å². The third-order valence-corrected chi connectivity index (χ3v) is 6.22. The molecule has 1 spiro atoms. The summed E-state index contributed by atoms with van der Waals surface area (Å²) in [5, 5.41) is 0. The van der Waals surface area contributed by atoms with Crippen LogP contribution in [-0.2, 0) is 11.2 Å². The molecule has 6 heteroatoms. The van der Waals surface area contributed by atoms with Gasteiger partial charge in [-0.2, -0.15) is 0 Å². The fourth-order valence-electron chi connectivity index (χ4n) is 4.56. The van der Waals surface area contributed by atoms with Crippen LogP contribution in [0.5, 0.6) is 5.75 Å². The zero-order valence-corrected chi connectivity index (χ0v) is 15.3. The molecule has 6 nitrogen and oxygen atoms in total. The molecule has 3 aliphatic heterocycles. The summed E-state index contributed by atoms with van der Waals surface area (Å²) >= 11 is 0. The number of carbonyl (C=O) groups is 1. The molecule has 0 saturated carbocycles. The number of para-hydroxylation sites is 1. The fraction of sp³-hybridized carbons (Fsp3) is 0.476. The predicted octanol–water partition coefficient (Wildman–Crippen LogP) is 2.57. The highest BCUT2D eigenvalue weighted by molar-refractivity contribution is 5.82. The lowest BCUT2D eigenvalue weighted by atomic mass is 9.83. The number of ether oxygens (including phenoxy) is 1. The Labute approximate surface area is 158 Å². The molecular weight excluding hydrogens is 342 g/mol. The van der Waals surface area contributed by atoms with Crippen molar-refractivity contribution in [2.45, 2.75) is 49.8 Å². The number of benzene rings is 1. The van der Waals surface area contributed by atoms with Gasteiger partial charge in [0, 0.05) is 25.9 Å². The Hall–Kier alpha value is -2.31. The molecule has 27 heavy (non-hydrogen) atoms. The standard InChI is InChI=1S/C21H25N3O3/c25-20(17-14-16(22-23-17)19-6-3-13-26-19)24-11-9-21(10-12-24)8-7-15-4-1-2-5-18(15)27-21/h1-6,13,16-17,22-23H,7-12,14H2. The monoisotopic (exact) mass is 367 g/mol. The van der Waals surface area contributed by atoms with Crippen LogP contribution in [0.15, 0.2) is 47.1 Å². The zero-order chi connectivity index (χ0) is 18.3. The molecule has 2 unspecified atom stereocenters. The molecule has 2 atom stereocenters. The third kappa shape index (κ3) is 3.13. The lowest BCUT2D eigenvalue weighted by molar-refractivity contribution is -0.137. The Bertz CT molecular complexity index is 812. The van der Waals surface area contributed by atoms with Gasteiger partial charge in [-0.25, -0.2) is 10.9 Å². The van der Waals surface area contributed by atoms with Crippen LogP contribution < -0.4 is 15.6 Å². The molecule has 3 aliphatic rings. The van der Waals surface area contributed by atoms with E-state index >= 15 is 0 Å². The van der Waals surface area contributed by atoms with Crippen LogP contribution in [0.4, 0.5) is 0 Å². The first-order valence-corrected chi connectivity index (χ1v) is 9.83. The number of nitrogens with zero attached hydrogens (tertiary/aromatic N) is 1.